The van der Waals surface area contributed by atoms with E-state index >= 15 is 0 Å². The fourth-order valence-electron chi connectivity index (χ4n) is 1.72. The van der Waals surface area contributed by atoms with Gasteiger partial charge in [-0.05, 0) is 17.7 Å². The number of hydrogen-bond donors (Lipinski definition) is 1. The average Bonchev–Trinajstić information content (AvgIpc) is 2.86. The molecule has 3 nitrogen and oxygen atoms in total. The Kier molecular flexibility index (Phi) is 3.33. The zero-order chi connectivity index (χ0) is 14.0. The summed E-state index contributed by atoms with van der Waals surface area (Å²) in [7, 11) is 1.24. The van der Waals surface area contributed by atoms with Crippen LogP contribution in [0.1, 0.15) is 15.9 Å². The molecule has 19 heavy (non-hydrogen) atoms. The van der Waals surface area contributed by atoms with Crippen molar-refractivity contribution in [3.8, 4) is 11.1 Å². The van der Waals surface area contributed by atoms with Gasteiger partial charge in [0.25, 0.3) is 0 Å². The Hall–Kier alpha value is -2.24. The highest BCUT2D eigenvalue weighted by Crippen LogP contribution is 2.31. The van der Waals surface area contributed by atoms with Crippen molar-refractivity contribution in [2.45, 2.75) is 6.18 Å². The van der Waals surface area contributed by atoms with Crippen LogP contribution in [0.25, 0.3) is 11.1 Å². The lowest BCUT2D eigenvalue weighted by Gasteiger charge is -2.07. The zero-order valence-corrected chi connectivity index (χ0v) is 9.91. The number of aromatic amines is 1. The molecule has 0 aliphatic rings. The van der Waals surface area contributed by atoms with Gasteiger partial charge in [0, 0.05) is 18.0 Å². The molecular weight excluding hydrogens is 259 g/mol. The standard InChI is InChI=1S/C13H10F3NO2/c1-19-12(18)11-7-17-6-10(11)8-2-4-9(5-3-8)13(14,15)16/h2-7,17H,1H3. The average molecular weight is 269 g/mol. The van der Waals surface area contributed by atoms with Crippen molar-refractivity contribution >= 4 is 5.97 Å². The smallest absolute Gasteiger partial charge is 0.416 e. The number of H-pyrrole nitrogens is 1. The molecule has 0 unspecified atom stereocenters. The van der Waals surface area contributed by atoms with E-state index in [1.807, 2.05) is 0 Å². The molecule has 6 heteroatoms. The van der Waals surface area contributed by atoms with Gasteiger partial charge in [-0.25, -0.2) is 4.79 Å². The van der Waals surface area contributed by atoms with Crippen molar-refractivity contribution in [1.82, 2.24) is 4.98 Å². The van der Waals surface area contributed by atoms with Crippen LogP contribution in [0.15, 0.2) is 36.7 Å². The summed E-state index contributed by atoms with van der Waals surface area (Å²) in [5.74, 6) is -0.545. The lowest BCUT2D eigenvalue weighted by molar-refractivity contribution is -0.137. The van der Waals surface area contributed by atoms with Crippen LogP contribution >= 0.6 is 0 Å². The first-order valence-corrected chi connectivity index (χ1v) is 5.36. The number of carbonyl (C=O) groups excluding carboxylic acids is 1. The Bertz CT molecular complexity index is 585. The van der Waals surface area contributed by atoms with Gasteiger partial charge < -0.3 is 9.72 Å². The van der Waals surface area contributed by atoms with Crippen molar-refractivity contribution in [3.63, 3.8) is 0 Å². The SMILES string of the molecule is COC(=O)c1c[nH]cc1-c1ccc(C(F)(F)F)cc1. The zero-order valence-electron chi connectivity index (χ0n) is 9.91. The summed E-state index contributed by atoms with van der Waals surface area (Å²) in [6.07, 6.45) is -1.39. The van der Waals surface area contributed by atoms with Crippen molar-refractivity contribution in [2.75, 3.05) is 7.11 Å². The normalized spacial score (nSPS) is 11.4. The second-order valence-electron chi connectivity index (χ2n) is 3.85. The first-order chi connectivity index (χ1) is 8.93. The van der Waals surface area contributed by atoms with E-state index in [9.17, 15) is 18.0 Å². The summed E-state index contributed by atoms with van der Waals surface area (Å²) in [4.78, 5) is 14.2. The number of ether oxygens (including phenoxy) is 1. The number of methoxy groups -OCH3 is 1. The molecule has 0 spiro atoms. The molecule has 0 amide bonds. The van der Waals surface area contributed by atoms with E-state index in [0.717, 1.165) is 12.1 Å². The molecule has 0 aliphatic heterocycles. The largest absolute Gasteiger partial charge is 0.465 e. The van der Waals surface area contributed by atoms with E-state index in [1.54, 1.807) is 0 Å². The summed E-state index contributed by atoms with van der Waals surface area (Å²) in [6.45, 7) is 0. The molecule has 0 saturated heterocycles. The third kappa shape index (κ3) is 2.62. The molecule has 100 valence electrons. The predicted octanol–water partition coefficient (Wildman–Crippen LogP) is 3.49. The molecule has 1 aromatic carbocycles. The summed E-state index contributed by atoms with van der Waals surface area (Å²) in [6, 6.07) is 4.59. The molecule has 1 aromatic heterocycles. The number of rotatable bonds is 2. The van der Waals surface area contributed by atoms with Crippen molar-refractivity contribution in [3.05, 3.63) is 47.8 Å². The second kappa shape index (κ2) is 4.79. The molecule has 0 aliphatic carbocycles. The quantitative estimate of drug-likeness (QED) is 0.848. The molecule has 2 rings (SSSR count). The van der Waals surface area contributed by atoms with Crippen LogP contribution in [0.4, 0.5) is 13.2 Å². The summed E-state index contributed by atoms with van der Waals surface area (Å²) in [5, 5.41) is 0. The van der Waals surface area contributed by atoms with Crippen LogP contribution in [0, 0.1) is 0 Å². The third-order valence-corrected chi connectivity index (χ3v) is 2.67. The third-order valence-electron chi connectivity index (χ3n) is 2.67. The highest BCUT2D eigenvalue weighted by molar-refractivity contribution is 5.97. The van der Waals surface area contributed by atoms with Crippen LogP contribution in [-0.4, -0.2) is 18.1 Å². The van der Waals surface area contributed by atoms with Gasteiger partial charge in [0.1, 0.15) is 0 Å². The van der Waals surface area contributed by atoms with Crippen LogP contribution in [0.5, 0.6) is 0 Å². The molecular formula is C13H10F3NO2. The topological polar surface area (TPSA) is 42.1 Å². The number of carbonyl (C=O) groups is 1. The van der Waals surface area contributed by atoms with Gasteiger partial charge in [0.15, 0.2) is 0 Å². The van der Waals surface area contributed by atoms with Crippen LogP contribution in [-0.2, 0) is 10.9 Å². The fourth-order valence-corrected chi connectivity index (χ4v) is 1.72. The number of halogens is 3. The second-order valence-corrected chi connectivity index (χ2v) is 3.85. The van der Waals surface area contributed by atoms with Crippen LogP contribution < -0.4 is 0 Å². The number of alkyl halides is 3. The Morgan fingerprint density at radius 2 is 1.79 bits per heavy atom. The Morgan fingerprint density at radius 3 is 2.32 bits per heavy atom. The van der Waals surface area contributed by atoms with E-state index in [4.69, 9.17) is 0 Å². The van der Waals surface area contributed by atoms with E-state index in [1.165, 1.54) is 31.6 Å². The summed E-state index contributed by atoms with van der Waals surface area (Å²) >= 11 is 0. The molecule has 0 bridgehead atoms. The lowest BCUT2D eigenvalue weighted by atomic mass is 10.0. The van der Waals surface area contributed by atoms with E-state index in [0.29, 0.717) is 11.1 Å². The molecule has 0 radical (unpaired) electrons. The van der Waals surface area contributed by atoms with Gasteiger partial charge in [-0.2, -0.15) is 13.2 Å². The van der Waals surface area contributed by atoms with Crippen LogP contribution in [0.2, 0.25) is 0 Å². The summed E-state index contributed by atoms with van der Waals surface area (Å²) in [5.41, 5.74) is 0.559. The molecule has 2 aromatic rings. The van der Waals surface area contributed by atoms with Gasteiger partial charge in [-0.1, -0.05) is 12.1 Å². The fraction of sp³-hybridized carbons (Fsp3) is 0.154. The molecule has 0 fully saturated rings. The molecule has 1 N–H and O–H groups in total. The minimum absolute atomic E-state index is 0.280. The monoisotopic (exact) mass is 269 g/mol. The maximum Gasteiger partial charge on any atom is 0.416 e. The molecule has 0 saturated carbocycles. The maximum absolute atomic E-state index is 12.4. The highest BCUT2D eigenvalue weighted by atomic mass is 19.4. The number of hydrogen-bond acceptors (Lipinski definition) is 2. The number of aromatic nitrogens is 1. The minimum Gasteiger partial charge on any atom is -0.465 e. The highest BCUT2D eigenvalue weighted by Gasteiger charge is 2.30. The van der Waals surface area contributed by atoms with Crippen molar-refractivity contribution < 1.29 is 22.7 Å². The minimum atomic E-state index is -4.37. The van der Waals surface area contributed by atoms with Gasteiger partial charge in [0.2, 0.25) is 0 Å². The molecule has 0 atom stereocenters. The number of esters is 1. The first kappa shape index (κ1) is 13.2. The van der Waals surface area contributed by atoms with Gasteiger partial charge in [-0.3, -0.25) is 0 Å². The Balaban J connectivity index is 2.38. The van der Waals surface area contributed by atoms with E-state index < -0.39 is 17.7 Å². The molecule has 1 heterocycles. The van der Waals surface area contributed by atoms with Gasteiger partial charge in [0.05, 0.1) is 18.2 Å². The predicted molar refractivity (Wildman–Crippen MR) is 62.6 cm³/mol. The van der Waals surface area contributed by atoms with Crippen molar-refractivity contribution in [2.24, 2.45) is 0 Å². The van der Waals surface area contributed by atoms with Crippen molar-refractivity contribution in [1.29, 1.82) is 0 Å². The van der Waals surface area contributed by atoms with E-state index in [2.05, 4.69) is 9.72 Å². The number of nitrogens with one attached hydrogen (secondary N) is 1. The first-order valence-electron chi connectivity index (χ1n) is 5.36. The van der Waals surface area contributed by atoms with Crippen LogP contribution in [0.3, 0.4) is 0 Å². The summed E-state index contributed by atoms with van der Waals surface area (Å²) < 4.78 is 41.9. The number of benzene rings is 1. The Labute approximate surface area is 107 Å². The Morgan fingerprint density at radius 1 is 1.16 bits per heavy atom. The maximum atomic E-state index is 12.4. The van der Waals surface area contributed by atoms with Gasteiger partial charge in [-0.15, -0.1) is 0 Å². The van der Waals surface area contributed by atoms with Gasteiger partial charge >= 0.3 is 12.1 Å². The lowest BCUT2D eigenvalue weighted by Crippen LogP contribution is -2.04. The van der Waals surface area contributed by atoms with E-state index in [-0.39, 0.29) is 5.56 Å².